The number of hydrogen-bond donors (Lipinski definition) is 4. The third-order valence-electron chi connectivity index (χ3n) is 2.65. The first-order valence-electron chi connectivity index (χ1n) is 5.99. The quantitative estimate of drug-likeness (QED) is 0.103. The van der Waals surface area contributed by atoms with Gasteiger partial charge in [0, 0.05) is 6.42 Å². The molecule has 0 saturated carbocycles. The monoisotopic (exact) mass is 358 g/mol. The van der Waals surface area contributed by atoms with E-state index in [2.05, 4.69) is 16.0 Å². The number of rotatable bonds is 6. The van der Waals surface area contributed by atoms with E-state index in [0.29, 0.717) is 11.8 Å². The highest BCUT2D eigenvalue weighted by Crippen LogP contribution is 2.30. The Morgan fingerprint density at radius 3 is 2.50 bits per heavy atom. The number of hydrogen-bond acceptors (Lipinski definition) is 11. The number of allylic oxidation sites excluding steroid dienone is 1. The molecule has 0 radical (unpaired) electrons. The van der Waals surface area contributed by atoms with Crippen LogP contribution in [0.5, 0.6) is 0 Å². The summed E-state index contributed by atoms with van der Waals surface area (Å²) in [6, 6.07) is 0. The van der Waals surface area contributed by atoms with Crippen molar-refractivity contribution in [1.29, 1.82) is 0 Å². The van der Waals surface area contributed by atoms with Crippen molar-refractivity contribution >= 4 is 27.2 Å². The lowest BCUT2D eigenvalue weighted by molar-refractivity contribution is -0.205. The molecule has 0 unspecified atom stereocenters. The van der Waals surface area contributed by atoms with Gasteiger partial charge in [-0.15, -0.1) is 6.58 Å². The minimum absolute atomic E-state index is 0.00475. The van der Waals surface area contributed by atoms with E-state index in [9.17, 15) is 28.3 Å². The Balaban J connectivity index is 2.85. The van der Waals surface area contributed by atoms with Crippen LogP contribution in [-0.4, -0.2) is 74.9 Å². The van der Waals surface area contributed by atoms with E-state index in [1.165, 1.54) is 6.08 Å². The Morgan fingerprint density at radius 1 is 1.36 bits per heavy atom. The molecule has 1 rings (SSSR count). The molecule has 1 aliphatic rings. The van der Waals surface area contributed by atoms with E-state index in [1.807, 2.05) is 0 Å². The molecule has 0 aromatic rings. The van der Waals surface area contributed by atoms with Crippen molar-refractivity contribution in [3.05, 3.63) is 12.7 Å². The molecule has 0 amide bonds. The first-order valence-corrected chi connectivity index (χ1v) is 8.20. The summed E-state index contributed by atoms with van der Waals surface area (Å²) in [7, 11) is -5.04. The summed E-state index contributed by atoms with van der Waals surface area (Å²) < 4.78 is 40.1. The molecule has 22 heavy (non-hydrogen) atoms. The number of thioether (sulfide) groups is 1. The molecule has 0 bridgehead atoms. The summed E-state index contributed by atoms with van der Waals surface area (Å²) >= 11 is 0.660. The number of ether oxygens (including phenoxy) is 1. The first-order chi connectivity index (χ1) is 10.2. The van der Waals surface area contributed by atoms with E-state index in [-0.39, 0.29) is 11.5 Å². The molecular formula is C10H16NO9S2-. The van der Waals surface area contributed by atoms with Crippen LogP contribution in [0.3, 0.4) is 0 Å². The third-order valence-corrected chi connectivity index (χ3v) is 4.04. The van der Waals surface area contributed by atoms with Gasteiger partial charge in [-0.05, 0) is 0 Å². The van der Waals surface area contributed by atoms with Crippen LogP contribution in [0.25, 0.3) is 0 Å². The second-order valence-corrected chi connectivity index (χ2v) is 6.41. The van der Waals surface area contributed by atoms with Gasteiger partial charge in [-0.1, -0.05) is 23.0 Å². The summed E-state index contributed by atoms with van der Waals surface area (Å²) in [6.45, 7) is 2.80. The van der Waals surface area contributed by atoms with Gasteiger partial charge in [0.05, 0.1) is 6.61 Å². The predicted molar refractivity (Wildman–Crippen MR) is 74.4 cm³/mol. The van der Waals surface area contributed by atoms with Crippen molar-refractivity contribution in [2.24, 2.45) is 5.16 Å². The van der Waals surface area contributed by atoms with Gasteiger partial charge in [0.2, 0.25) is 0 Å². The zero-order valence-electron chi connectivity index (χ0n) is 11.2. The van der Waals surface area contributed by atoms with Gasteiger partial charge >= 0.3 is 0 Å². The lowest BCUT2D eigenvalue weighted by Crippen LogP contribution is -2.57. The molecule has 4 N–H and O–H groups in total. The van der Waals surface area contributed by atoms with E-state index in [4.69, 9.17) is 9.84 Å². The highest BCUT2D eigenvalue weighted by molar-refractivity contribution is 8.14. The first kappa shape index (κ1) is 19.3. The summed E-state index contributed by atoms with van der Waals surface area (Å²) in [6.07, 6.45) is -4.44. The van der Waals surface area contributed by atoms with Gasteiger partial charge < -0.3 is 29.7 Å². The highest BCUT2D eigenvalue weighted by atomic mass is 32.3. The lowest BCUT2D eigenvalue weighted by Gasteiger charge is -2.39. The molecule has 0 spiro atoms. The normalized spacial score (nSPS) is 33.5. The van der Waals surface area contributed by atoms with Gasteiger partial charge in [0.1, 0.15) is 34.9 Å². The average molecular weight is 358 g/mol. The van der Waals surface area contributed by atoms with Gasteiger partial charge in [-0.25, -0.2) is 0 Å². The second kappa shape index (κ2) is 8.21. The molecule has 0 aromatic heterocycles. The minimum Gasteiger partial charge on any atom is -0.714 e. The Hall–Kier alpha value is -0.730. The Kier molecular flexibility index (Phi) is 7.21. The zero-order chi connectivity index (χ0) is 16.9. The Bertz CT molecular complexity index is 507. The molecule has 1 heterocycles. The molecule has 1 aliphatic heterocycles. The van der Waals surface area contributed by atoms with E-state index >= 15 is 0 Å². The fraction of sp³-hybridized carbons (Fsp3) is 0.700. The van der Waals surface area contributed by atoms with Gasteiger partial charge in [-0.3, -0.25) is 4.28 Å². The summed E-state index contributed by atoms with van der Waals surface area (Å²) in [5, 5.41) is 41.2. The minimum atomic E-state index is -5.04. The topological polar surface area (TPSA) is 169 Å². The number of aliphatic hydroxyl groups is 4. The second-order valence-electron chi connectivity index (χ2n) is 4.28. The summed E-state index contributed by atoms with van der Waals surface area (Å²) in [5.74, 6) is 0. The largest absolute Gasteiger partial charge is 0.714 e. The maximum absolute atomic E-state index is 10.4. The standard InChI is InChI=1S/C10H17NO9S2/c1-2-3-6(11-20-22(16,17)18)21-10-9(15)8(14)7(13)5(4-12)19-10/h2,5,7-10,12-15H,1,3-4H2,(H,16,17,18)/p-1/b11-6-/t5-,7-,8+,9-,10+/m1/s1. The van der Waals surface area contributed by atoms with Gasteiger partial charge in [-0.2, -0.15) is 8.42 Å². The van der Waals surface area contributed by atoms with Crippen molar-refractivity contribution in [2.45, 2.75) is 36.3 Å². The van der Waals surface area contributed by atoms with Crippen LogP contribution >= 0.6 is 11.8 Å². The fourth-order valence-corrected chi connectivity index (χ4v) is 2.91. The van der Waals surface area contributed by atoms with Crippen LogP contribution in [0, 0.1) is 0 Å². The lowest BCUT2D eigenvalue weighted by atomic mass is 10.0. The molecule has 0 aliphatic carbocycles. The zero-order valence-corrected chi connectivity index (χ0v) is 12.8. The molecule has 5 atom stereocenters. The van der Waals surface area contributed by atoms with Crippen molar-refractivity contribution in [2.75, 3.05) is 6.61 Å². The van der Waals surface area contributed by atoms with Crippen molar-refractivity contribution in [3.63, 3.8) is 0 Å². The molecule has 10 nitrogen and oxygen atoms in total. The van der Waals surface area contributed by atoms with Crippen molar-refractivity contribution in [3.8, 4) is 0 Å². The third kappa shape index (κ3) is 5.48. The van der Waals surface area contributed by atoms with Crippen LogP contribution in [0.15, 0.2) is 17.8 Å². The SMILES string of the molecule is C=CC/C(=N/OS(=O)(=O)[O-])S[C@@H]1O[C@H](CO)[C@@H](O)[C@H](O)[C@H]1O. The molecule has 0 aromatic carbocycles. The molecule has 128 valence electrons. The summed E-state index contributed by atoms with van der Waals surface area (Å²) in [5.41, 5.74) is -1.17. The smallest absolute Gasteiger partial charge is 0.284 e. The van der Waals surface area contributed by atoms with Crippen LogP contribution in [-0.2, 0) is 19.4 Å². The Morgan fingerprint density at radius 2 is 2.00 bits per heavy atom. The summed E-state index contributed by atoms with van der Waals surface area (Å²) in [4.78, 5) is 0. The molecule has 12 heteroatoms. The highest BCUT2D eigenvalue weighted by Gasteiger charge is 2.44. The van der Waals surface area contributed by atoms with E-state index in [1.54, 1.807) is 0 Å². The van der Waals surface area contributed by atoms with E-state index < -0.39 is 46.9 Å². The molecule has 1 fully saturated rings. The van der Waals surface area contributed by atoms with Crippen LogP contribution in [0.4, 0.5) is 0 Å². The molecule has 1 saturated heterocycles. The van der Waals surface area contributed by atoms with Crippen molar-refractivity contribution < 1.29 is 42.4 Å². The predicted octanol–water partition coefficient (Wildman–Crippen LogP) is -2.11. The fourth-order valence-electron chi connectivity index (χ4n) is 1.62. The average Bonchev–Trinajstić information content (AvgIpc) is 2.44. The van der Waals surface area contributed by atoms with Gasteiger partial charge in [0.15, 0.2) is 0 Å². The maximum atomic E-state index is 10.4. The Labute approximate surface area is 131 Å². The number of nitrogens with zero attached hydrogens (tertiary/aromatic N) is 1. The van der Waals surface area contributed by atoms with Gasteiger partial charge in [0.25, 0.3) is 10.4 Å². The maximum Gasteiger partial charge on any atom is 0.284 e. The number of oxime groups is 1. The molecular weight excluding hydrogens is 342 g/mol. The van der Waals surface area contributed by atoms with E-state index in [0.717, 1.165) is 0 Å². The van der Waals surface area contributed by atoms with Crippen molar-refractivity contribution in [1.82, 2.24) is 0 Å². The van der Waals surface area contributed by atoms with Crippen LogP contribution < -0.4 is 0 Å². The van der Waals surface area contributed by atoms with Crippen LogP contribution in [0.2, 0.25) is 0 Å². The van der Waals surface area contributed by atoms with Crippen LogP contribution in [0.1, 0.15) is 6.42 Å². The number of aliphatic hydroxyl groups excluding tert-OH is 4.